The summed E-state index contributed by atoms with van der Waals surface area (Å²) in [6.07, 6.45) is 15.7. The Morgan fingerprint density at radius 2 is 1.61 bits per heavy atom. The van der Waals surface area contributed by atoms with E-state index in [1.54, 1.807) is 0 Å². The summed E-state index contributed by atoms with van der Waals surface area (Å²) in [5.41, 5.74) is 0. The lowest BCUT2D eigenvalue weighted by molar-refractivity contribution is -0.186. The summed E-state index contributed by atoms with van der Waals surface area (Å²) < 4.78 is 11.3. The summed E-state index contributed by atoms with van der Waals surface area (Å²) in [5, 5.41) is 2.62. The fourth-order valence-electron chi connectivity index (χ4n) is 4.57. The van der Waals surface area contributed by atoms with Gasteiger partial charge < -0.3 is 14.8 Å². The first-order valence-electron chi connectivity index (χ1n) is 13.5. The van der Waals surface area contributed by atoms with Crippen LogP contribution in [-0.4, -0.2) is 36.6 Å². The Bertz CT molecular complexity index is 551. The zero-order valence-corrected chi connectivity index (χ0v) is 21.6. The van der Waals surface area contributed by atoms with Crippen LogP contribution in [0.3, 0.4) is 0 Å². The highest BCUT2D eigenvalue weighted by molar-refractivity contribution is 5.78. The van der Waals surface area contributed by atoms with Gasteiger partial charge in [-0.15, -0.1) is 0 Å². The molecule has 0 aliphatic carbocycles. The van der Waals surface area contributed by atoms with Gasteiger partial charge in [-0.1, -0.05) is 79.1 Å². The highest BCUT2D eigenvalue weighted by Crippen LogP contribution is 2.32. The SMILES string of the molecule is CCCCCCCC(CCC[C@@H]1OC(=O)[C@H]1CCCCCC)OC(=O)[C@H](CC(C)C)NC=O. The maximum Gasteiger partial charge on any atom is 0.328 e. The molecule has 0 aromatic rings. The van der Waals surface area contributed by atoms with E-state index in [1.807, 2.05) is 13.8 Å². The molecule has 1 unspecified atom stereocenters. The van der Waals surface area contributed by atoms with Crippen molar-refractivity contribution in [3.05, 3.63) is 0 Å². The van der Waals surface area contributed by atoms with Crippen LogP contribution in [0.5, 0.6) is 0 Å². The van der Waals surface area contributed by atoms with Crippen LogP contribution in [0.2, 0.25) is 0 Å². The van der Waals surface area contributed by atoms with Crippen LogP contribution >= 0.6 is 0 Å². The van der Waals surface area contributed by atoms with E-state index in [4.69, 9.17) is 9.47 Å². The quantitative estimate of drug-likeness (QED) is 0.125. The zero-order valence-electron chi connectivity index (χ0n) is 21.6. The molecule has 1 saturated heterocycles. The van der Waals surface area contributed by atoms with Crippen molar-refractivity contribution >= 4 is 18.3 Å². The molecule has 33 heavy (non-hydrogen) atoms. The molecule has 4 atom stereocenters. The average molecular weight is 468 g/mol. The van der Waals surface area contributed by atoms with Crippen molar-refractivity contribution in [2.75, 3.05) is 0 Å². The number of esters is 2. The number of rotatable bonds is 21. The number of nitrogens with one attached hydrogen (secondary N) is 1. The summed E-state index contributed by atoms with van der Waals surface area (Å²) in [4.78, 5) is 35.6. The van der Waals surface area contributed by atoms with Crippen molar-refractivity contribution in [3.8, 4) is 0 Å². The molecular formula is C27H49NO5. The highest BCUT2D eigenvalue weighted by atomic mass is 16.6. The van der Waals surface area contributed by atoms with Crippen LogP contribution in [0.25, 0.3) is 0 Å². The van der Waals surface area contributed by atoms with Crippen molar-refractivity contribution in [1.82, 2.24) is 5.32 Å². The molecule has 1 heterocycles. The second kappa shape index (κ2) is 17.8. The molecule has 0 aromatic carbocycles. The summed E-state index contributed by atoms with van der Waals surface area (Å²) in [6.45, 7) is 8.43. The predicted octanol–water partition coefficient (Wildman–Crippen LogP) is 6.10. The summed E-state index contributed by atoms with van der Waals surface area (Å²) in [5.74, 6) is -0.0562. The Labute approximate surface area is 201 Å². The van der Waals surface area contributed by atoms with Crippen LogP contribution in [-0.2, 0) is 23.9 Å². The molecule has 192 valence electrons. The average Bonchev–Trinajstić information content (AvgIpc) is 2.77. The molecule has 0 radical (unpaired) electrons. The van der Waals surface area contributed by atoms with Gasteiger partial charge in [0, 0.05) is 0 Å². The number of carbonyl (C=O) groups excluding carboxylic acids is 3. The second-order valence-corrected chi connectivity index (χ2v) is 10.1. The van der Waals surface area contributed by atoms with Gasteiger partial charge in [0.15, 0.2) is 0 Å². The van der Waals surface area contributed by atoms with Crippen LogP contribution in [0.1, 0.15) is 124 Å². The van der Waals surface area contributed by atoms with Crippen molar-refractivity contribution in [2.24, 2.45) is 11.8 Å². The van der Waals surface area contributed by atoms with Crippen LogP contribution in [0.15, 0.2) is 0 Å². The largest absolute Gasteiger partial charge is 0.461 e. The van der Waals surface area contributed by atoms with Gasteiger partial charge in [0.25, 0.3) is 0 Å². The number of hydrogen-bond donors (Lipinski definition) is 1. The minimum absolute atomic E-state index is 0.0189. The van der Waals surface area contributed by atoms with E-state index in [-0.39, 0.29) is 36.0 Å². The van der Waals surface area contributed by atoms with Gasteiger partial charge in [0.2, 0.25) is 6.41 Å². The molecule has 0 saturated carbocycles. The first-order chi connectivity index (χ1) is 15.9. The predicted molar refractivity (Wildman–Crippen MR) is 132 cm³/mol. The fourth-order valence-corrected chi connectivity index (χ4v) is 4.57. The Morgan fingerprint density at radius 1 is 0.970 bits per heavy atom. The van der Waals surface area contributed by atoms with E-state index < -0.39 is 6.04 Å². The van der Waals surface area contributed by atoms with Crippen molar-refractivity contribution in [3.63, 3.8) is 0 Å². The lowest BCUT2D eigenvalue weighted by atomic mass is 9.87. The van der Waals surface area contributed by atoms with Gasteiger partial charge in [0.1, 0.15) is 18.2 Å². The molecular weight excluding hydrogens is 418 g/mol. The maximum absolute atomic E-state index is 12.7. The number of cyclic esters (lactones) is 1. The number of carbonyl (C=O) groups is 3. The fraction of sp³-hybridized carbons (Fsp3) is 0.889. The highest BCUT2D eigenvalue weighted by Gasteiger charge is 2.41. The van der Waals surface area contributed by atoms with Crippen molar-refractivity contribution < 1.29 is 23.9 Å². The maximum atomic E-state index is 12.7. The number of hydrogen-bond acceptors (Lipinski definition) is 5. The topological polar surface area (TPSA) is 81.7 Å². The van der Waals surface area contributed by atoms with Gasteiger partial charge >= 0.3 is 11.9 Å². The van der Waals surface area contributed by atoms with Gasteiger partial charge in [-0.25, -0.2) is 4.79 Å². The van der Waals surface area contributed by atoms with E-state index in [9.17, 15) is 14.4 Å². The van der Waals surface area contributed by atoms with E-state index >= 15 is 0 Å². The molecule has 0 bridgehead atoms. The monoisotopic (exact) mass is 467 g/mol. The van der Waals surface area contributed by atoms with Gasteiger partial charge in [-0.3, -0.25) is 9.59 Å². The normalized spacial score (nSPS) is 19.5. The Kier molecular flexibility index (Phi) is 15.9. The van der Waals surface area contributed by atoms with Crippen LogP contribution < -0.4 is 5.32 Å². The zero-order chi connectivity index (χ0) is 24.5. The first kappa shape index (κ1) is 29.4. The van der Waals surface area contributed by atoms with E-state index in [1.165, 1.54) is 38.5 Å². The minimum atomic E-state index is -0.592. The third kappa shape index (κ3) is 12.4. The third-order valence-electron chi connectivity index (χ3n) is 6.58. The number of unbranched alkanes of at least 4 members (excludes halogenated alkanes) is 7. The van der Waals surface area contributed by atoms with Gasteiger partial charge in [-0.05, 0) is 50.9 Å². The van der Waals surface area contributed by atoms with Gasteiger partial charge in [0.05, 0.1) is 5.92 Å². The molecule has 1 fully saturated rings. The lowest BCUT2D eigenvalue weighted by Gasteiger charge is -2.35. The van der Waals surface area contributed by atoms with E-state index in [0.29, 0.717) is 12.8 Å². The standard InChI is InChI=1S/C27H49NO5/c1-5-7-9-11-12-15-22(32-27(31)24(28-20-29)19-21(3)4)16-14-18-25-23(26(30)33-25)17-13-10-8-6-2/h20-25H,5-19H2,1-4H3,(H,28,29)/t22?,23-,24-,25-/m0/s1. The Balaban J connectivity index is 2.53. The summed E-state index contributed by atoms with van der Waals surface area (Å²) >= 11 is 0. The molecule has 0 aromatic heterocycles. The Morgan fingerprint density at radius 3 is 2.21 bits per heavy atom. The van der Waals surface area contributed by atoms with E-state index in [2.05, 4.69) is 19.2 Å². The van der Waals surface area contributed by atoms with E-state index in [0.717, 1.165) is 51.4 Å². The molecule has 1 aliphatic rings. The van der Waals surface area contributed by atoms with Crippen LogP contribution in [0, 0.1) is 11.8 Å². The first-order valence-corrected chi connectivity index (χ1v) is 13.5. The van der Waals surface area contributed by atoms with Crippen molar-refractivity contribution in [2.45, 2.75) is 142 Å². The molecule has 1 amide bonds. The third-order valence-corrected chi connectivity index (χ3v) is 6.58. The smallest absolute Gasteiger partial charge is 0.328 e. The molecule has 6 nitrogen and oxygen atoms in total. The Hall–Kier alpha value is -1.59. The molecule has 0 spiro atoms. The number of ether oxygens (including phenoxy) is 2. The van der Waals surface area contributed by atoms with Crippen molar-refractivity contribution in [1.29, 1.82) is 0 Å². The number of amides is 1. The van der Waals surface area contributed by atoms with Gasteiger partial charge in [-0.2, -0.15) is 0 Å². The van der Waals surface area contributed by atoms with Crippen LogP contribution in [0.4, 0.5) is 0 Å². The molecule has 6 heteroatoms. The molecule has 1 rings (SSSR count). The lowest BCUT2D eigenvalue weighted by Crippen LogP contribution is -2.45. The molecule has 1 aliphatic heterocycles. The summed E-state index contributed by atoms with van der Waals surface area (Å²) in [7, 11) is 0. The molecule has 1 N–H and O–H groups in total. The minimum Gasteiger partial charge on any atom is -0.461 e. The summed E-state index contributed by atoms with van der Waals surface area (Å²) in [6, 6.07) is -0.592. The second-order valence-electron chi connectivity index (χ2n) is 10.1.